The third-order valence-electron chi connectivity index (χ3n) is 2.36. The molecule has 0 saturated heterocycles. The molecule has 98 valence electrons. The molecule has 2 aromatic rings. The van der Waals surface area contributed by atoms with Crippen LogP contribution in [0, 0.1) is 5.82 Å². The highest BCUT2D eigenvalue weighted by Gasteiger charge is 2.07. The quantitative estimate of drug-likeness (QED) is 0.393. The molecular weight excluding hydrogens is 287 g/mol. The molecular formula is C13H10ClFN2OS. The van der Waals surface area contributed by atoms with Crippen molar-refractivity contribution in [1.82, 2.24) is 0 Å². The lowest BCUT2D eigenvalue weighted by molar-refractivity contribution is 0.318. The normalized spacial score (nSPS) is 11.6. The molecule has 0 atom stereocenters. The summed E-state index contributed by atoms with van der Waals surface area (Å²) in [6.45, 7) is 0. The molecule has 6 heteroatoms. The highest BCUT2D eigenvalue weighted by atomic mass is 35.5. The smallest absolute Gasteiger partial charge is 0.171 e. The van der Waals surface area contributed by atoms with Gasteiger partial charge in [0.2, 0.25) is 0 Å². The van der Waals surface area contributed by atoms with Crippen LogP contribution in [0.15, 0.2) is 57.4 Å². The number of nitrogens with zero attached hydrogens (tertiary/aromatic N) is 1. The predicted octanol–water partition coefficient (Wildman–Crippen LogP) is 3.72. The topological polar surface area (TPSA) is 58.6 Å². The standard InChI is InChI=1S/C13H10ClFN2OS/c14-12-7-10(4-5-11(12)13(16)17-18)19-9-3-1-2-8(15)6-9/h1-7,18H,(H2,16,17). The molecule has 0 saturated carbocycles. The summed E-state index contributed by atoms with van der Waals surface area (Å²) in [6, 6.07) is 11.4. The van der Waals surface area contributed by atoms with Gasteiger partial charge in [0, 0.05) is 15.4 Å². The fourth-order valence-corrected chi connectivity index (χ4v) is 2.73. The van der Waals surface area contributed by atoms with Gasteiger partial charge in [-0.1, -0.05) is 34.6 Å². The first-order chi connectivity index (χ1) is 9.10. The van der Waals surface area contributed by atoms with E-state index in [0.717, 1.165) is 9.79 Å². The Morgan fingerprint density at radius 1 is 1.21 bits per heavy atom. The van der Waals surface area contributed by atoms with E-state index in [4.69, 9.17) is 22.5 Å². The second-order valence-corrected chi connectivity index (χ2v) is 5.24. The molecule has 0 aromatic heterocycles. The summed E-state index contributed by atoms with van der Waals surface area (Å²) < 4.78 is 13.1. The molecule has 0 bridgehead atoms. The van der Waals surface area contributed by atoms with Crippen molar-refractivity contribution in [3.05, 3.63) is 58.9 Å². The Kier molecular flexibility index (Phi) is 4.29. The van der Waals surface area contributed by atoms with Crippen LogP contribution >= 0.6 is 23.4 Å². The van der Waals surface area contributed by atoms with Gasteiger partial charge in [0.05, 0.1) is 5.02 Å². The van der Waals surface area contributed by atoms with E-state index >= 15 is 0 Å². The van der Waals surface area contributed by atoms with Gasteiger partial charge < -0.3 is 10.9 Å². The van der Waals surface area contributed by atoms with Crippen LogP contribution < -0.4 is 5.73 Å². The fourth-order valence-electron chi connectivity index (χ4n) is 1.49. The van der Waals surface area contributed by atoms with Crippen molar-refractivity contribution < 1.29 is 9.60 Å². The van der Waals surface area contributed by atoms with Crippen LogP contribution in [0.4, 0.5) is 4.39 Å². The van der Waals surface area contributed by atoms with Crippen molar-refractivity contribution >= 4 is 29.2 Å². The van der Waals surface area contributed by atoms with Crippen molar-refractivity contribution in [1.29, 1.82) is 0 Å². The third-order valence-corrected chi connectivity index (χ3v) is 3.65. The maximum absolute atomic E-state index is 13.1. The Morgan fingerprint density at radius 3 is 2.58 bits per heavy atom. The number of nitrogens with two attached hydrogens (primary N) is 1. The minimum absolute atomic E-state index is 0.0488. The van der Waals surface area contributed by atoms with Crippen molar-refractivity contribution in [3.63, 3.8) is 0 Å². The van der Waals surface area contributed by atoms with E-state index in [0.29, 0.717) is 10.6 Å². The molecule has 19 heavy (non-hydrogen) atoms. The second kappa shape index (κ2) is 5.95. The number of amidine groups is 1. The summed E-state index contributed by atoms with van der Waals surface area (Å²) in [5.74, 6) is -0.336. The highest BCUT2D eigenvalue weighted by molar-refractivity contribution is 7.99. The molecule has 2 rings (SSSR count). The molecule has 0 amide bonds. The number of halogens is 2. The van der Waals surface area contributed by atoms with E-state index in [1.807, 2.05) is 0 Å². The lowest BCUT2D eigenvalue weighted by Gasteiger charge is -2.06. The van der Waals surface area contributed by atoms with Gasteiger partial charge in [-0.2, -0.15) is 0 Å². The van der Waals surface area contributed by atoms with Crippen molar-refractivity contribution in [3.8, 4) is 0 Å². The number of oxime groups is 1. The van der Waals surface area contributed by atoms with Crippen molar-refractivity contribution in [2.45, 2.75) is 9.79 Å². The Labute approximate surface area is 118 Å². The molecule has 0 aliphatic carbocycles. The Morgan fingerprint density at radius 2 is 1.95 bits per heavy atom. The van der Waals surface area contributed by atoms with Crippen LogP contribution in [0.1, 0.15) is 5.56 Å². The zero-order valence-electron chi connectivity index (χ0n) is 9.68. The van der Waals surface area contributed by atoms with Gasteiger partial charge >= 0.3 is 0 Å². The second-order valence-electron chi connectivity index (χ2n) is 3.69. The third kappa shape index (κ3) is 3.39. The van der Waals surface area contributed by atoms with Gasteiger partial charge in [-0.15, -0.1) is 0 Å². The molecule has 0 heterocycles. The van der Waals surface area contributed by atoms with E-state index in [-0.39, 0.29) is 11.7 Å². The molecule has 0 fully saturated rings. The van der Waals surface area contributed by atoms with E-state index in [2.05, 4.69) is 5.16 Å². The van der Waals surface area contributed by atoms with E-state index in [9.17, 15) is 4.39 Å². The first-order valence-electron chi connectivity index (χ1n) is 5.31. The number of hydrogen-bond donors (Lipinski definition) is 2. The van der Waals surface area contributed by atoms with Crippen molar-refractivity contribution in [2.75, 3.05) is 0 Å². The van der Waals surface area contributed by atoms with E-state index in [1.165, 1.54) is 23.9 Å². The van der Waals surface area contributed by atoms with Crippen LogP contribution in [-0.2, 0) is 0 Å². The summed E-state index contributed by atoms with van der Waals surface area (Å²) >= 11 is 7.42. The van der Waals surface area contributed by atoms with Gasteiger partial charge in [0.25, 0.3) is 0 Å². The van der Waals surface area contributed by atoms with Crippen LogP contribution in [0.25, 0.3) is 0 Å². The molecule has 3 nitrogen and oxygen atoms in total. The Balaban J connectivity index is 2.26. The van der Waals surface area contributed by atoms with Crippen LogP contribution in [-0.4, -0.2) is 11.0 Å². The Bertz CT molecular complexity index is 634. The van der Waals surface area contributed by atoms with Gasteiger partial charge in [-0.3, -0.25) is 0 Å². The maximum Gasteiger partial charge on any atom is 0.171 e. The summed E-state index contributed by atoms with van der Waals surface area (Å²) in [5.41, 5.74) is 5.93. The minimum Gasteiger partial charge on any atom is -0.409 e. The largest absolute Gasteiger partial charge is 0.409 e. The van der Waals surface area contributed by atoms with Crippen LogP contribution in [0.5, 0.6) is 0 Å². The monoisotopic (exact) mass is 296 g/mol. The van der Waals surface area contributed by atoms with Gasteiger partial charge in [0.1, 0.15) is 5.82 Å². The Hall–Kier alpha value is -1.72. The lowest BCUT2D eigenvalue weighted by Crippen LogP contribution is -2.13. The number of hydrogen-bond acceptors (Lipinski definition) is 3. The van der Waals surface area contributed by atoms with E-state index < -0.39 is 0 Å². The molecule has 0 radical (unpaired) electrons. The van der Waals surface area contributed by atoms with Gasteiger partial charge in [-0.25, -0.2) is 4.39 Å². The molecule has 2 aromatic carbocycles. The average Bonchev–Trinajstić information content (AvgIpc) is 2.38. The maximum atomic E-state index is 13.1. The van der Waals surface area contributed by atoms with Crippen LogP contribution in [0.3, 0.4) is 0 Å². The molecule has 0 aliphatic heterocycles. The first kappa shape index (κ1) is 13.7. The van der Waals surface area contributed by atoms with Crippen LogP contribution in [0.2, 0.25) is 5.02 Å². The van der Waals surface area contributed by atoms with E-state index in [1.54, 1.807) is 30.3 Å². The first-order valence-corrected chi connectivity index (χ1v) is 6.50. The molecule has 0 spiro atoms. The number of rotatable bonds is 3. The zero-order valence-corrected chi connectivity index (χ0v) is 11.2. The predicted molar refractivity (Wildman–Crippen MR) is 74.5 cm³/mol. The number of benzene rings is 2. The summed E-state index contributed by atoms with van der Waals surface area (Å²) in [4.78, 5) is 1.61. The zero-order chi connectivity index (χ0) is 13.8. The SMILES string of the molecule is NC(=NO)c1ccc(Sc2cccc(F)c2)cc1Cl. The summed E-state index contributed by atoms with van der Waals surface area (Å²) in [5, 5.41) is 11.9. The highest BCUT2D eigenvalue weighted by Crippen LogP contribution is 2.31. The van der Waals surface area contributed by atoms with Gasteiger partial charge in [-0.05, 0) is 36.4 Å². The fraction of sp³-hybridized carbons (Fsp3) is 0. The minimum atomic E-state index is -0.288. The molecule has 0 aliphatic rings. The summed E-state index contributed by atoms with van der Waals surface area (Å²) in [7, 11) is 0. The molecule has 0 unspecified atom stereocenters. The van der Waals surface area contributed by atoms with Gasteiger partial charge in [0.15, 0.2) is 5.84 Å². The summed E-state index contributed by atoms with van der Waals surface area (Å²) in [6.07, 6.45) is 0. The average molecular weight is 297 g/mol. The molecule has 3 N–H and O–H groups in total. The van der Waals surface area contributed by atoms with Crippen molar-refractivity contribution in [2.24, 2.45) is 10.9 Å². The lowest BCUT2D eigenvalue weighted by atomic mass is 10.2.